The first-order chi connectivity index (χ1) is 9.63. The Hall–Kier alpha value is -2.32. The molecule has 0 atom stereocenters. The van der Waals surface area contributed by atoms with Gasteiger partial charge in [-0.2, -0.15) is 0 Å². The van der Waals surface area contributed by atoms with Crippen molar-refractivity contribution >= 4 is 11.8 Å². The lowest BCUT2D eigenvalue weighted by atomic mass is 10.1. The molecule has 1 rings (SSSR count). The van der Waals surface area contributed by atoms with E-state index in [0.717, 1.165) is 5.56 Å². The number of carbonyl (C=O) groups excluding carboxylic acids is 2. The van der Waals surface area contributed by atoms with Crippen molar-refractivity contribution < 1.29 is 14.7 Å². The van der Waals surface area contributed by atoms with E-state index < -0.39 is 0 Å². The van der Waals surface area contributed by atoms with Crippen molar-refractivity contribution in [3.05, 3.63) is 35.4 Å². The van der Waals surface area contributed by atoms with Gasteiger partial charge in [0, 0.05) is 37.6 Å². The molecule has 0 saturated carbocycles. The Labute approximate surface area is 118 Å². The van der Waals surface area contributed by atoms with Gasteiger partial charge in [-0.1, -0.05) is 17.9 Å². The molecule has 5 heteroatoms. The predicted molar refractivity (Wildman–Crippen MR) is 76.0 cm³/mol. The summed E-state index contributed by atoms with van der Waals surface area (Å²) in [5, 5.41) is 14.0. The minimum absolute atomic E-state index is 0.0241. The minimum Gasteiger partial charge on any atom is -0.395 e. The van der Waals surface area contributed by atoms with E-state index >= 15 is 0 Å². The molecule has 5 nitrogen and oxygen atoms in total. The van der Waals surface area contributed by atoms with E-state index in [4.69, 9.17) is 5.11 Å². The summed E-state index contributed by atoms with van der Waals surface area (Å²) in [7, 11) is 0. The second kappa shape index (κ2) is 8.73. The molecule has 0 aliphatic heterocycles. The molecule has 3 N–H and O–H groups in total. The Morgan fingerprint density at radius 3 is 2.70 bits per heavy atom. The average molecular weight is 274 g/mol. The van der Waals surface area contributed by atoms with Crippen molar-refractivity contribution in [3.8, 4) is 11.8 Å². The first-order valence-electron chi connectivity index (χ1n) is 6.36. The third kappa shape index (κ3) is 6.03. The second-order valence-corrected chi connectivity index (χ2v) is 4.10. The molecule has 0 bridgehead atoms. The largest absolute Gasteiger partial charge is 0.395 e. The summed E-state index contributed by atoms with van der Waals surface area (Å²) in [6.45, 7) is 2.22. The van der Waals surface area contributed by atoms with Gasteiger partial charge in [0.25, 0.3) is 5.91 Å². The van der Waals surface area contributed by atoms with E-state index in [-0.39, 0.29) is 18.4 Å². The SMILES string of the molecule is CC(=O)NCCNC(=O)c1cccc(C#CCCO)c1. The van der Waals surface area contributed by atoms with Crippen LogP contribution in [0.25, 0.3) is 0 Å². The smallest absolute Gasteiger partial charge is 0.251 e. The number of benzene rings is 1. The molecule has 0 heterocycles. The molecule has 0 aliphatic carbocycles. The van der Waals surface area contributed by atoms with E-state index in [1.807, 2.05) is 0 Å². The van der Waals surface area contributed by atoms with Crippen molar-refractivity contribution in [2.75, 3.05) is 19.7 Å². The van der Waals surface area contributed by atoms with Crippen LogP contribution in [0.4, 0.5) is 0 Å². The molecule has 0 saturated heterocycles. The number of aliphatic hydroxyl groups is 1. The van der Waals surface area contributed by atoms with Gasteiger partial charge < -0.3 is 15.7 Å². The maximum absolute atomic E-state index is 11.9. The fraction of sp³-hybridized carbons (Fsp3) is 0.333. The molecule has 0 aromatic heterocycles. The van der Waals surface area contributed by atoms with Crippen molar-refractivity contribution in [2.45, 2.75) is 13.3 Å². The Morgan fingerprint density at radius 1 is 1.25 bits per heavy atom. The lowest BCUT2D eigenvalue weighted by molar-refractivity contribution is -0.118. The lowest BCUT2D eigenvalue weighted by Gasteiger charge is -2.06. The number of hydrogen-bond donors (Lipinski definition) is 3. The highest BCUT2D eigenvalue weighted by atomic mass is 16.2. The van der Waals surface area contributed by atoms with Crippen LogP contribution in [0.3, 0.4) is 0 Å². The van der Waals surface area contributed by atoms with Crippen LogP contribution in [0.1, 0.15) is 29.3 Å². The Morgan fingerprint density at radius 2 is 2.00 bits per heavy atom. The second-order valence-electron chi connectivity index (χ2n) is 4.10. The van der Waals surface area contributed by atoms with Crippen LogP contribution in [0, 0.1) is 11.8 Å². The molecular formula is C15H18N2O3. The first-order valence-corrected chi connectivity index (χ1v) is 6.36. The minimum atomic E-state index is -0.207. The summed E-state index contributed by atoms with van der Waals surface area (Å²) in [6.07, 6.45) is 0.410. The highest BCUT2D eigenvalue weighted by molar-refractivity contribution is 5.94. The molecule has 0 unspecified atom stereocenters. The summed E-state index contributed by atoms with van der Waals surface area (Å²) >= 11 is 0. The van der Waals surface area contributed by atoms with Crippen molar-refractivity contribution in [3.63, 3.8) is 0 Å². The fourth-order valence-electron chi connectivity index (χ4n) is 1.48. The van der Waals surface area contributed by atoms with E-state index in [0.29, 0.717) is 25.1 Å². The van der Waals surface area contributed by atoms with Crippen LogP contribution in [0.15, 0.2) is 24.3 Å². The number of amides is 2. The zero-order valence-electron chi connectivity index (χ0n) is 11.4. The third-order valence-electron chi connectivity index (χ3n) is 2.38. The van der Waals surface area contributed by atoms with Crippen molar-refractivity contribution in [1.29, 1.82) is 0 Å². The molecule has 1 aromatic carbocycles. The lowest BCUT2D eigenvalue weighted by Crippen LogP contribution is -2.33. The molecule has 0 aliphatic rings. The van der Waals surface area contributed by atoms with Crippen LogP contribution in [0.2, 0.25) is 0 Å². The highest BCUT2D eigenvalue weighted by Gasteiger charge is 2.04. The number of rotatable bonds is 5. The van der Waals surface area contributed by atoms with E-state index in [9.17, 15) is 9.59 Å². The summed E-state index contributed by atoms with van der Waals surface area (Å²) in [5.41, 5.74) is 1.25. The van der Waals surface area contributed by atoms with E-state index in [1.54, 1.807) is 24.3 Å². The van der Waals surface area contributed by atoms with Crippen LogP contribution >= 0.6 is 0 Å². The normalized spacial score (nSPS) is 9.30. The number of carbonyl (C=O) groups is 2. The van der Waals surface area contributed by atoms with Gasteiger partial charge in [-0.25, -0.2) is 0 Å². The average Bonchev–Trinajstić information content (AvgIpc) is 2.44. The maximum Gasteiger partial charge on any atom is 0.251 e. The summed E-state index contributed by atoms with van der Waals surface area (Å²) in [5.74, 6) is 5.35. The summed E-state index contributed by atoms with van der Waals surface area (Å²) in [4.78, 5) is 22.5. The topological polar surface area (TPSA) is 78.4 Å². The fourth-order valence-corrected chi connectivity index (χ4v) is 1.48. The molecule has 20 heavy (non-hydrogen) atoms. The molecule has 0 radical (unpaired) electrons. The number of hydrogen-bond acceptors (Lipinski definition) is 3. The predicted octanol–water partition coefficient (Wildman–Crippen LogP) is 0.286. The summed E-state index contributed by atoms with van der Waals surface area (Å²) in [6, 6.07) is 6.95. The first kappa shape index (κ1) is 15.7. The van der Waals surface area contributed by atoms with Gasteiger partial charge in [-0.05, 0) is 18.2 Å². The standard InChI is InChI=1S/C15H18N2O3/c1-12(19)16-8-9-17-15(20)14-7-4-6-13(11-14)5-2-3-10-18/h4,6-7,11,18H,3,8-10H2,1H3,(H,16,19)(H,17,20). The Balaban J connectivity index is 2.54. The van der Waals surface area contributed by atoms with E-state index in [1.165, 1.54) is 6.92 Å². The molecular weight excluding hydrogens is 256 g/mol. The van der Waals surface area contributed by atoms with Gasteiger partial charge in [0.15, 0.2) is 0 Å². The van der Waals surface area contributed by atoms with Crippen LogP contribution in [-0.2, 0) is 4.79 Å². The third-order valence-corrected chi connectivity index (χ3v) is 2.38. The van der Waals surface area contributed by atoms with Gasteiger partial charge in [-0.3, -0.25) is 9.59 Å². The Kier molecular flexibility index (Phi) is 6.87. The van der Waals surface area contributed by atoms with E-state index in [2.05, 4.69) is 22.5 Å². The zero-order valence-corrected chi connectivity index (χ0v) is 11.4. The number of nitrogens with one attached hydrogen (secondary N) is 2. The number of aliphatic hydroxyl groups excluding tert-OH is 1. The van der Waals surface area contributed by atoms with Crippen LogP contribution in [0.5, 0.6) is 0 Å². The van der Waals surface area contributed by atoms with Gasteiger partial charge in [0.2, 0.25) is 5.91 Å². The monoisotopic (exact) mass is 274 g/mol. The van der Waals surface area contributed by atoms with Gasteiger partial charge in [0.1, 0.15) is 0 Å². The zero-order chi connectivity index (χ0) is 14.8. The molecule has 106 valence electrons. The summed E-state index contributed by atoms with van der Waals surface area (Å²) < 4.78 is 0. The quantitative estimate of drug-likeness (QED) is 0.533. The van der Waals surface area contributed by atoms with Gasteiger partial charge in [-0.15, -0.1) is 0 Å². The van der Waals surface area contributed by atoms with Crippen molar-refractivity contribution in [1.82, 2.24) is 10.6 Å². The molecule has 0 fully saturated rings. The molecule has 2 amide bonds. The van der Waals surface area contributed by atoms with Gasteiger partial charge in [0.05, 0.1) is 6.61 Å². The highest BCUT2D eigenvalue weighted by Crippen LogP contribution is 2.04. The van der Waals surface area contributed by atoms with Crippen LogP contribution in [-0.4, -0.2) is 36.6 Å². The van der Waals surface area contributed by atoms with Gasteiger partial charge >= 0.3 is 0 Å². The van der Waals surface area contributed by atoms with Crippen molar-refractivity contribution in [2.24, 2.45) is 0 Å². The Bertz CT molecular complexity index is 529. The molecule has 0 spiro atoms. The molecule has 1 aromatic rings. The van der Waals surface area contributed by atoms with Crippen LogP contribution < -0.4 is 10.6 Å². The maximum atomic E-state index is 11.9.